The van der Waals surface area contributed by atoms with E-state index in [1.807, 2.05) is 0 Å². The Kier molecular flexibility index (Phi) is 6.69. The van der Waals surface area contributed by atoms with Crippen LogP contribution in [0.25, 0.3) is 0 Å². The van der Waals surface area contributed by atoms with Gasteiger partial charge in [0.05, 0.1) is 0 Å². The van der Waals surface area contributed by atoms with Crippen molar-refractivity contribution in [3.63, 3.8) is 0 Å². The van der Waals surface area contributed by atoms with Crippen molar-refractivity contribution in [2.45, 2.75) is 22.9 Å². The van der Waals surface area contributed by atoms with Gasteiger partial charge in [-0.3, -0.25) is 0 Å². The van der Waals surface area contributed by atoms with Gasteiger partial charge in [0.25, 0.3) is 0 Å². The fourth-order valence-corrected chi connectivity index (χ4v) is 6.02. The molecule has 0 radical (unpaired) electrons. The van der Waals surface area contributed by atoms with E-state index in [0.717, 1.165) is 3.93 Å². The van der Waals surface area contributed by atoms with Gasteiger partial charge in [-0.05, 0) is 0 Å². The van der Waals surface area contributed by atoms with Gasteiger partial charge in [0.1, 0.15) is 0 Å². The van der Waals surface area contributed by atoms with Gasteiger partial charge in [-0.15, -0.1) is 0 Å². The predicted octanol–water partition coefficient (Wildman–Crippen LogP) is 2.49. The molecule has 0 aliphatic carbocycles. The number of carbonyl (C=O) groups excluding carboxylic acids is 1. The third-order valence-electron chi connectivity index (χ3n) is 3.30. The van der Waals surface area contributed by atoms with Crippen LogP contribution in [-0.4, -0.2) is 30.7 Å². The zero-order chi connectivity index (χ0) is 15.9. The standard InChI is InChI=1S/C13H14NO6.ClH.Hg/c1-2-10(20-8-15)5-9-6-12-13(19-4-3-18-12)7-11(9)14(16)17;;/h6-8,10H,1-5H2;1H;/q;;+1/p-1. The quantitative estimate of drug-likeness (QED) is 0.229. The first-order valence-corrected chi connectivity index (χ1v) is 17.5. The molecule has 9 heteroatoms. The van der Waals surface area contributed by atoms with Crippen molar-refractivity contribution in [2.24, 2.45) is 0 Å². The van der Waals surface area contributed by atoms with E-state index in [1.54, 1.807) is 6.07 Å². The van der Waals surface area contributed by atoms with E-state index in [0.29, 0.717) is 43.2 Å². The molecule has 1 aromatic carbocycles. The van der Waals surface area contributed by atoms with Crippen molar-refractivity contribution in [1.29, 1.82) is 0 Å². The Morgan fingerprint density at radius 3 is 2.68 bits per heavy atom. The van der Waals surface area contributed by atoms with Gasteiger partial charge in [0, 0.05) is 0 Å². The second-order valence-corrected chi connectivity index (χ2v) is 12.3. The third kappa shape index (κ3) is 4.45. The first-order chi connectivity index (χ1) is 10.7. The average molecular weight is 516 g/mol. The predicted molar refractivity (Wildman–Crippen MR) is 74.0 cm³/mol. The fourth-order valence-electron chi connectivity index (χ4n) is 2.30. The zero-order valence-electron chi connectivity index (χ0n) is 11.8. The number of halogens is 1. The number of carbonyl (C=O) groups is 1. The summed E-state index contributed by atoms with van der Waals surface area (Å²) in [6.07, 6.45) is 0.490. The van der Waals surface area contributed by atoms with Gasteiger partial charge in [0.15, 0.2) is 0 Å². The normalized spacial score (nSPS) is 13.9. The van der Waals surface area contributed by atoms with Crippen LogP contribution in [0.1, 0.15) is 12.0 Å². The van der Waals surface area contributed by atoms with Gasteiger partial charge in [0.2, 0.25) is 0 Å². The topological polar surface area (TPSA) is 87.9 Å². The zero-order valence-corrected chi connectivity index (χ0v) is 18.1. The van der Waals surface area contributed by atoms with E-state index in [2.05, 4.69) is 0 Å². The molecule has 1 aromatic rings. The number of fused-ring (bicyclic) bond motifs is 1. The Labute approximate surface area is 142 Å². The van der Waals surface area contributed by atoms with Crippen LogP contribution in [0, 0.1) is 10.1 Å². The molecule has 116 valence electrons. The van der Waals surface area contributed by atoms with Gasteiger partial charge in [-0.2, -0.15) is 0 Å². The van der Waals surface area contributed by atoms with Crippen molar-refractivity contribution >= 4 is 20.4 Å². The number of benzene rings is 1. The summed E-state index contributed by atoms with van der Waals surface area (Å²) in [5.41, 5.74) is 0.409. The van der Waals surface area contributed by atoms with Crippen molar-refractivity contribution in [1.82, 2.24) is 0 Å². The Bertz CT molecular complexity index is 556. The van der Waals surface area contributed by atoms with Gasteiger partial charge in [-0.1, -0.05) is 0 Å². The monoisotopic (exact) mass is 517 g/mol. The van der Waals surface area contributed by atoms with Crippen LogP contribution in [-0.2, 0) is 39.3 Å². The SMILES string of the molecule is O=COC(C[CH2][Hg][Cl])Cc1cc2c(cc1[N+](=O)[O-])OCCO2. The van der Waals surface area contributed by atoms with Crippen LogP contribution in [0.3, 0.4) is 0 Å². The van der Waals surface area contributed by atoms with E-state index in [1.165, 1.54) is 6.07 Å². The average Bonchev–Trinajstić information content (AvgIpc) is 2.52. The van der Waals surface area contributed by atoms with E-state index >= 15 is 0 Å². The summed E-state index contributed by atoms with van der Waals surface area (Å²) in [5.74, 6) is 0.848. The molecular formula is C13H14ClHgNO6. The molecule has 7 nitrogen and oxygen atoms in total. The summed E-state index contributed by atoms with van der Waals surface area (Å²) in [5, 5.41) is 11.2. The molecule has 0 N–H and O–H groups in total. The number of ether oxygens (including phenoxy) is 3. The molecule has 0 amide bonds. The number of nitrogens with zero attached hydrogens (tertiary/aromatic N) is 1. The van der Waals surface area contributed by atoms with E-state index in [-0.39, 0.29) is 12.1 Å². The minimum atomic E-state index is -1.34. The number of nitro groups is 1. The summed E-state index contributed by atoms with van der Waals surface area (Å²) in [6.45, 7) is 1.14. The first kappa shape index (κ1) is 17.3. The molecule has 2 rings (SSSR count). The minimum absolute atomic E-state index is 0.0563. The van der Waals surface area contributed by atoms with E-state index in [9.17, 15) is 14.9 Å². The fraction of sp³-hybridized carbons (Fsp3) is 0.462. The molecular weight excluding hydrogens is 502 g/mol. The summed E-state index contributed by atoms with van der Waals surface area (Å²) in [6, 6.07) is 2.96. The third-order valence-corrected chi connectivity index (χ3v) is 8.27. The van der Waals surface area contributed by atoms with Crippen molar-refractivity contribution in [3.05, 3.63) is 27.8 Å². The van der Waals surface area contributed by atoms with Crippen LogP contribution in [0.4, 0.5) is 5.69 Å². The molecule has 0 saturated heterocycles. The number of rotatable bonds is 8. The van der Waals surface area contributed by atoms with Crippen molar-refractivity contribution in [3.8, 4) is 11.5 Å². The molecule has 1 heterocycles. The second kappa shape index (κ2) is 8.52. The number of hydrogen-bond acceptors (Lipinski definition) is 6. The maximum absolute atomic E-state index is 11.2. The molecule has 22 heavy (non-hydrogen) atoms. The molecule has 1 atom stereocenters. The molecule has 1 aliphatic heterocycles. The summed E-state index contributed by atoms with van der Waals surface area (Å²) in [4.78, 5) is 21.4. The van der Waals surface area contributed by atoms with Gasteiger partial charge >= 0.3 is 143 Å². The van der Waals surface area contributed by atoms with E-state index in [4.69, 9.17) is 22.5 Å². The molecule has 0 spiro atoms. The van der Waals surface area contributed by atoms with E-state index < -0.39 is 34.4 Å². The maximum atomic E-state index is 11.2. The first-order valence-electron chi connectivity index (χ1n) is 6.87. The second-order valence-electron chi connectivity index (χ2n) is 4.77. The van der Waals surface area contributed by atoms with Gasteiger partial charge in [-0.25, -0.2) is 0 Å². The Hall–Kier alpha value is -1.08. The van der Waals surface area contributed by atoms with Crippen LogP contribution < -0.4 is 9.47 Å². The van der Waals surface area contributed by atoms with Crippen molar-refractivity contribution in [2.75, 3.05) is 13.2 Å². The molecule has 0 aromatic heterocycles. The van der Waals surface area contributed by atoms with Gasteiger partial charge < -0.3 is 0 Å². The van der Waals surface area contributed by atoms with Crippen LogP contribution in [0.5, 0.6) is 11.5 Å². The number of hydrogen-bond donors (Lipinski definition) is 0. The molecule has 1 aliphatic rings. The summed E-state index contributed by atoms with van der Waals surface area (Å²) in [7, 11) is 5.86. The van der Waals surface area contributed by atoms with Crippen LogP contribution in [0.2, 0.25) is 3.93 Å². The molecule has 1 unspecified atom stereocenters. The van der Waals surface area contributed by atoms with Crippen LogP contribution >= 0.6 is 8.25 Å². The Balaban J connectivity index is 2.26. The molecule has 0 bridgehead atoms. The molecule has 0 saturated carbocycles. The van der Waals surface area contributed by atoms with Crippen molar-refractivity contribution < 1.29 is 47.3 Å². The molecule has 0 fully saturated rings. The Morgan fingerprint density at radius 1 is 1.41 bits per heavy atom. The summed E-state index contributed by atoms with van der Waals surface area (Å²) < 4.78 is 16.7. The number of nitro benzene ring substituents is 1. The van der Waals surface area contributed by atoms with Crippen LogP contribution in [0.15, 0.2) is 12.1 Å². The summed E-state index contributed by atoms with van der Waals surface area (Å²) >= 11 is -1.34. The Morgan fingerprint density at radius 2 is 2.09 bits per heavy atom.